The Balaban J connectivity index is 0.597. The fraction of sp³-hybridized carbons (Fsp3) is 0.424. The van der Waals surface area contributed by atoms with Crippen LogP contribution >= 0.6 is 0 Å². The summed E-state index contributed by atoms with van der Waals surface area (Å²) in [4.78, 5) is 132. The van der Waals surface area contributed by atoms with Crippen molar-refractivity contribution < 1.29 is 90.5 Å². The molecule has 0 bridgehead atoms. The molecular weight excluding hydrogens is 1330 g/mol. The van der Waals surface area contributed by atoms with Gasteiger partial charge in [-0.05, 0) is 42.0 Å². The van der Waals surface area contributed by atoms with Gasteiger partial charge in [-0.15, -0.1) is 0 Å². The first kappa shape index (κ1) is 78.5. The van der Waals surface area contributed by atoms with E-state index in [4.69, 9.17) is 47.4 Å². The number of hydrogen-bond donors (Lipinski definition) is 11. The van der Waals surface area contributed by atoms with Crippen LogP contribution < -0.4 is 52.6 Å². The smallest absolute Gasteiger partial charge is 0.411 e. The minimum Gasteiger partial charge on any atom is -0.491 e. The Kier molecular flexibility index (Phi) is 34.1. The summed E-state index contributed by atoms with van der Waals surface area (Å²) in [6, 6.07) is 19.2. The highest BCUT2D eigenvalue weighted by Gasteiger charge is 2.21. The van der Waals surface area contributed by atoms with Crippen LogP contribution in [0.25, 0.3) is 0 Å². The molecule has 0 aliphatic rings. The number of aryl methyl sites for hydroxylation is 3. The lowest BCUT2D eigenvalue weighted by Gasteiger charge is -2.10. The van der Waals surface area contributed by atoms with Gasteiger partial charge in [0.1, 0.15) is 30.4 Å². The first-order valence-corrected chi connectivity index (χ1v) is 32.6. The van der Waals surface area contributed by atoms with E-state index >= 15 is 0 Å². The van der Waals surface area contributed by atoms with Gasteiger partial charge in [-0.3, -0.25) is 43.7 Å². The van der Waals surface area contributed by atoms with Crippen LogP contribution in [-0.2, 0) is 84.8 Å². The minimum absolute atomic E-state index is 0.00273. The van der Waals surface area contributed by atoms with Crippen LogP contribution in [0.1, 0.15) is 77.7 Å². The largest absolute Gasteiger partial charge is 0.491 e. The number of H-pyrrole nitrogens is 2. The first-order valence-electron chi connectivity index (χ1n) is 32.6. The predicted octanol–water partition coefficient (Wildman–Crippen LogP) is 2.76. The van der Waals surface area contributed by atoms with Crippen molar-refractivity contribution >= 4 is 82.0 Å². The SMILES string of the molecule is Cn1cc(NC(=O)CCNC(=O)c2cc(NC(=O)c3nc(NC(=O)CCNC(=O)c4cc(NC(=O)c5nccn5C)c[nH]4)cn3C)c[nH]2)nc1C(=O)NCCC(=O)NCCOCCOCCOCCOCCOCCOCCOCCOCCOc1ccc(NC(=O)OCc2ccccc2)cc1. The standard InChI is InChI=1S/C66H87N17O19/c1-81-21-19-68-58(81)64(90)74-48-39-51(72-41-48)61(87)69-18-15-57(86)78-54-44-83(3)60(80-54)65(91)75-49-40-52(73-42-49)62(88)70-17-14-56(85)77-53-43-82(2)59(79-53)63(89)71-16-13-55(84)67-20-22-93-23-24-94-25-26-95-27-28-96-29-30-97-31-32-98-33-34-99-35-36-100-37-38-101-50-11-9-47(10-12-50)76-66(92)102-45-46-7-5-4-6-8-46/h4-12,19,21,39-44,72-73H,13-18,20,22-38,45H2,1-3H3,(H,67,84)(H,69,87)(H,70,88)(H,71,89)(H,74,90)(H,75,91)(H,76,92)(H,77,85)(H,78,86). The van der Waals surface area contributed by atoms with E-state index in [1.165, 1.54) is 52.3 Å². The molecular formula is C66H87N17O19. The molecule has 0 radical (unpaired) electrons. The molecule has 0 saturated carbocycles. The monoisotopic (exact) mass is 1420 g/mol. The summed E-state index contributed by atoms with van der Waals surface area (Å²) in [6.07, 6.45) is 7.99. The molecule has 11 N–H and O–H groups in total. The number of carbonyl (C=O) groups is 9. The molecule has 36 nitrogen and oxygen atoms in total. The lowest BCUT2D eigenvalue weighted by Crippen LogP contribution is -2.33. The third kappa shape index (κ3) is 29.5. The molecule has 0 atom stereocenters. The Labute approximate surface area is 586 Å². The van der Waals surface area contributed by atoms with Crippen molar-refractivity contribution in [1.82, 2.24) is 59.9 Å². The van der Waals surface area contributed by atoms with Crippen molar-refractivity contribution in [3.8, 4) is 5.75 Å². The van der Waals surface area contributed by atoms with Gasteiger partial charge in [-0.2, -0.15) is 0 Å². The van der Waals surface area contributed by atoms with E-state index in [1.807, 2.05) is 30.3 Å². The maximum Gasteiger partial charge on any atom is 0.411 e. The van der Waals surface area contributed by atoms with E-state index in [0.29, 0.717) is 123 Å². The molecule has 0 unspecified atom stereocenters. The quantitative estimate of drug-likeness (QED) is 0.0244. The molecule has 0 aliphatic heterocycles. The number of anilines is 5. The first-order chi connectivity index (χ1) is 49.6. The van der Waals surface area contributed by atoms with E-state index in [0.717, 1.165) is 5.56 Å². The number of hydrogen-bond acceptors (Lipinski definition) is 22. The topological polar surface area (TPSA) is 439 Å². The summed E-state index contributed by atoms with van der Waals surface area (Å²) >= 11 is 0. The van der Waals surface area contributed by atoms with E-state index < -0.39 is 47.4 Å². The van der Waals surface area contributed by atoms with Gasteiger partial charge in [-0.25, -0.2) is 19.7 Å². The summed E-state index contributed by atoms with van der Waals surface area (Å²) < 4.78 is 59.4. The van der Waals surface area contributed by atoms with Gasteiger partial charge in [0.2, 0.25) is 29.4 Å². The maximum absolute atomic E-state index is 13.1. The number of benzene rings is 2. The molecule has 36 heteroatoms. The van der Waals surface area contributed by atoms with Crippen molar-refractivity contribution in [2.75, 3.05) is 165 Å². The average Bonchev–Trinajstić information content (AvgIpc) is 1.71. The van der Waals surface area contributed by atoms with E-state index in [2.05, 4.69) is 72.8 Å². The van der Waals surface area contributed by atoms with E-state index in [1.54, 1.807) is 56.2 Å². The molecule has 102 heavy (non-hydrogen) atoms. The van der Waals surface area contributed by atoms with Crippen LogP contribution in [0.3, 0.4) is 0 Å². The highest BCUT2D eigenvalue weighted by Crippen LogP contribution is 2.18. The fourth-order valence-corrected chi connectivity index (χ4v) is 8.90. The second-order valence-electron chi connectivity index (χ2n) is 21.9. The second kappa shape index (κ2) is 44.3. The summed E-state index contributed by atoms with van der Waals surface area (Å²) in [5, 5.41) is 23.7. The number of nitrogens with zero attached hydrogens (tertiary/aromatic N) is 6. The van der Waals surface area contributed by atoms with Crippen molar-refractivity contribution in [3.05, 3.63) is 138 Å². The zero-order valence-corrected chi connectivity index (χ0v) is 56.9. The molecule has 9 amide bonds. The lowest BCUT2D eigenvalue weighted by molar-refractivity contribution is -0.121. The summed E-state index contributed by atoms with van der Waals surface area (Å²) in [7, 11) is 4.78. The van der Waals surface area contributed by atoms with Gasteiger partial charge < -0.3 is 114 Å². The van der Waals surface area contributed by atoms with Gasteiger partial charge in [0.15, 0.2) is 17.5 Å². The number of amides is 9. The molecule has 0 saturated heterocycles. The van der Waals surface area contributed by atoms with Crippen LogP contribution in [-0.4, -0.2) is 230 Å². The lowest BCUT2D eigenvalue weighted by atomic mass is 10.2. The average molecular weight is 1420 g/mol. The number of carbonyl (C=O) groups excluding carboxylic acids is 9. The summed E-state index contributed by atoms with van der Waals surface area (Å²) in [5.74, 6) is -3.12. The van der Waals surface area contributed by atoms with Gasteiger partial charge in [0, 0.05) is 109 Å². The maximum atomic E-state index is 13.1. The predicted molar refractivity (Wildman–Crippen MR) is 367 cm³/mol. The molecule has 0 fully saturated rings. The second-order valence-corrected chi connectivity index (χ2v) is 21.9. The van der Waals surface area contributed by atoms with Crippen LogP contribution in [0.15, 0.2) is 104 Å². The number of aromatic nitrogens is 8. The van der Waals surface area contributed by atoms with E-state index in [9.17, 15) is 43.2 Å². The molecule has 0 aliphatic carbocycles. The number of nitrogens with one attached hydrogen (secondary N) is 11. The minimum atomic E-state index is -0.651. The third-order valence-corrected chi connectivity index (χ3v) is 14.0. The van der Waals surface area contributed by atoms with Crippen molar-refractivity contribution in [3.63, 3.8) is 0 Å². The third-order valence-electron chi connectivity index (χ3n) is 14.0. The molecule has 5 aromatic heterocycles. The Morgan fingerprint density at radius 2 is 0.843 bits per heavy atom. The number of imidazole rings is 3. The van der Waals surface area contributed by atoms with Crippen LogP contribution in [0.5, 0.6) is 5.75 Å². The highest BCUT2D eigenvalue weighted by molar-refractivity contribution is 6.04. The Morgan fingerprint density at radius 1 is 0.412 bits per heavy atom. The van der Waals surface area contributed by atoms with E-state index in [-0.39, 0.29) is 111 Å². The van der Waals surface area contributed by atoms with Crippen LogP contribution in [0.2, 0.25) is 0 Å². The fourth-order valence-electron chi connectivity index (χ4n) is 8.90. The number of ether oxygens (including phenoxy) is 10. The van der Waals surface area contributed by atoms with Gasteiger partial charge in [0.25, 0.3) is 29.5 Å². The van der Waals surface area contributed by atoms with Crippen molar-refractivity contribution in [1.29, 1.82) is 0 Å². The molecule has 2 aromatic carbocycles. The molecule has 0 spiro atoms. The highest BCUT2D eigenvalue weighted by atomic mass is 16.6. The van der Waals surface area contributed by atoms with Crippen molar-refractivity contribution in [2.24, 2.45) is 21.1 Å². The Bertz CT molecular complexity index is 3760. The Morgan fingerprint density at radius 3 is 1.31 bits per heavy atom. The summed E-state index contributed by atoms with van der Waals surface area (Å²) in [5.41, 5.74) is 2.31. The van der Waals surface area contributed by atoms with Crippen LogP contribution in [0, 0.1) is 0 Å². The van der Waals surface area contributed by atoms with Gasteiger partial charge in [-0.1, -0.05) is 30.3 Å². The van der Waals surface area contributed by atoms with Gasteiger partial charge >= 0.3 is 6.09 Å². The molecule has 7 aromatic rings. The van der Waals surface area contributed by atoms with Crippen LogP contribution in [0.4, 0.5) is 33.5 Å². The Hall–Kier alpha value is -10.9. The molecule has 550 valence electrons. The zero-order valence-electron chi connectivity index (χ0n) is 56.9. The molecule has 5 heterocycles. The normalized spacial score (nSPS) is 11.0. The zero-order chi connectivity index (χ0) is 72.5. The van der Waals surface area contributed by atoms with Gasteiger partial charge in [0.05, 0.1) is 117 Å². The van der Waals surface area contributed by atoms with Crippen molar-refractivity contribution in [2.45, 2.75) is 25.9 Å². The number of rotatable bonds is 49. The summed E-state index contributed by atoms with van der Waals surface area (Å²) in [6.45, 7) is 7.03. The molecule has 7 rings (SSSR count). The number of aromatic amines is 2.